The van der Waals surface area contributed by atoms with Crippen LogP contribution in [-0.4, -0.2) is 29.8 Å². The second-order valence-corrected chi connectivity index (χ2v) is 7.83. The number of thiophene rings is 1. The lowest BCUT2D eigenvalue weighted by atomic mass is 10.1. The van der Waals surface area contributed by atoms with Crippen molar-refractivity contribution >= 4 is 29.0 Å². The van der Waals surface area contributed by atoms with Crippen molar-refractivity contribution in [2.24, 2.45) is 0 Å². The molecule has 1 aromatic rings. The highest BCUT2D eigenvalue weighted by Gasteiger charge is 2.23. The molecule has 1 aliphatic carbocycles. The third-order valence-electron chi connectivity index (χ3n) is 4.28. The molecule has 1 saturated carbocycles. The van der Waals surface area contributed by atoms with Gasteiger partial charge >= 0.3 is 5.97 Å². The third-order valence-corrected chi connectivity index (χ3v) is 5.24. The number of hydrogen-bond donors (Lipinski definition) is 1. The molecule has 1 unspecified atom stereocenters. The topological polar surface area (TPSA) is 72.5 Å². The molecule has 24 heavy (non-hydrogen) atoms. The fraction of sp³-hybridized carbons (Fsp3) is 0.611. The molecule has 1 amide bonds. The summed E-state index contributed by atoms with van der Waals surface area (Å²) in [6.07, 6.45) is 3.51. The number of aryl methyl sites for hydroxylation is 2. The van der Waals surface area contributed by atoms with Gasteiger partial charge in [-0.15, -0.1) is 11.3 Å². The quantitative estimate of drug-likeness (QED) is 0.604. The van der Waals surface area contributed by atoms with Crippen molar-refractivity contribution in [2.45, 2.75) is 71.4 Å². The van der Waals surface area contributed by atoms with Gasteiger partial charge in [-0.2, -0.15) is 0 Å². The zero-order valence-electron chi connectivity index (χ0n) is 14.5. The van der Waals surface area contributed by atoms with E-state index < -0.39 is 12.1 Å². The largest absolute Gasteiger partial charge is 0.453 e. The van der Waals surface area contributed by atoms with Gasteiger partial charge in [-0.1, -0.05) is 12.8 Å². The first-order valence-corrected chi connectivity index (χ1v) is 9.28. The Labute approximate surface area is 146 Å². The number of hydrogen-bond acceptors (Lipinski definition) is 5. The van der Waals surface area contributed by atoms with Gasteiger partial charge in [0, 0.05) is 27.8 Å². The second kappa shape index (κ2) is 8.42. The summed E-state index contributed by atoms with van der Waals surface area (Å²) in [7, 11) is 0. The molecule has 0 spiro atoms. The number of nitrogens with one attached hydrogen (secondary N) is 1. The number of esters is 1. The van der Waals surface area contributed by atoms with Crippen LogP contribution in [0.25, 0.3) is 0 Å². The summed E-state index contributed by atoms with van der Waals surface area (Å²) in [5, 5.41) is 2.90. The van der Waals surface area contributed by atoms with E-state index in [1.54, 1.807) is 18.3 Å². The molecular weight excluding hydrogens is 326 g/mol. The highest BCUT2D eigenvalue weighted by atomic mass is 32.1. The maximum atomic E-state index is 12.2. The Bertz CT molecular complexity index is 617. The Morgan fingerprint density at radius 3 is 2.50 bits per heavy atom. The van der Waals surface area contributed by atoms with Gasteiger partial charge in [0.05, 0.1) is 6.42 Å². The predicted molar refractivity (Wildman–Crippen MR) is 93.3 cm³/mol. The predicted octanol–water partition coefficient (Wildman–Crippen LogP) is 3.32. The zero-order chi connectivity index (χ0) is 17.7. The van der Waals surface area contributed by atoms with Gasteiger partial charge in [0.1, 0.15) is 0 Å². The maximum absolute atomic E-state index is 12.2. The van der Waals surface area contributed by atoms with Gasteiger partial charge in [-0.05, 0) is 39.7 Å². The molecule has 1 atom stereocenters. The van der Waals surface area contributed by atoms with Gasteiger partial charge in [0.25, 0.3) is 5.91 Å². The molecule has 0 saturated heterocycles. The summed E-state index contributed by atoms with van der Waals surface area (Å²) in [5.41, 5.74) is 0.678. The van der Waals surface area contributed by atoms with Crippen molar-refractivity contribution in [1.29, 1.82) is 0 Å². The summed E-state index contributed by atoms with van der Waals surface area (Å²) in [6.45, 7) is 5.42. The van der Waals surface area contributed by atoms with Crippen LogP contribution in [0.15, 0.2) is 6.07 Å². The zero-order valence-corrected chi connectivity index (χ0v) is 15.3. The van der Waals surface area contributed by atoms with Crippen molar-refractivity contribution < 1.29 is 19.1 Å². The first kappa shape index (κ1) is 18.6. The number of ketones is 1. The van der Waals surface area contributed by atoms with Crippen LogP contribution in [0.5, 0.6) is 0 Å². The lowest BCUT2D eigenvalue weighted by Gasteiger charge is -2.17. The van der Waals surface area contributed by atoms with Crippen LogP contribution in [0.2, 0.25) is 0 Å². The minimum atomic E-state index is -0.821. The fourth-order valence-corrected chi connectivity index (χ4v) is 3.90. The minimum absolute atomic E-state index is 0.00574. The van der Waals surface area contributed by atoms with Crippen molar-refractivity contribution in [1.82, 2.24) is 5.32 Å². The van der Waals surface area contributed by atoms with Crippen LogP contribution < -0.4 is 5.32 Å². The van der Waals surface area contributed by atoms with Gasteiger partial charge in [-0.25, -0.2) is 0 Å². The molecule has 0 aromatic carbocycles. The van der Waals surface area contributed by atoms with E-state index in [9.17, 15) is 14.4 Å². The maximum Gasteiger partial charge on any atom is 0.307 e. The Balaban J connectivity index is 1.74. The summed E-state index contributed by atoms with van der Waals surface area (Å²) in [4.78, 5) is 38.1. The van der Waals surface area contributed by atoms with Gasteiger partial charge < -0.3 is 10.1 Å². The normalized spacial score (nSPS) is 16.0. The van der Waals surface area contributed by atoms with E-state index in [0.29, 0.717) is 5.56 Å². The van der Waals surface area contributed by atoms with Gasteiger partial charge in [-0.3, -0.25) is 14.4 Å². The van der Waals surface area contributed by atoms with E-state index >= 15 is 0 Å². The molecule has 1 aliphatic rings. The molecule has 2 rings (SSSR count). The summed E-state index contributed by atoms with van der Waals surface area (Å²) in [6, 6.07) is 2.05. The molecule has 0 radical (unpaired) electrons. The van der Waals surface area contributed by atoms with Crippen LogP contribution in [0.3, 0.4) is 0 Å². The van der Waals surface area contributed by atoms with Gasteiger partial charge in [0.15, 0.2) is 11.9 Å². The first-order valence-electron chi connectivity index (χ1n) is 8.47. The molecule has 5 nitrogen and oxygen atoms in total. The monoisotopic (exact) mass is 351 g/mol. The molecular formula is C18H25NO4S. The number of Topliss-reactive ketones (excluding diaryl/α,β-unsaturated/α-hetero) is 1. The van der Waals surface area contributed by atoms with Crippen LogP contribution in [0, 0.1) is 13.8 Å². The van der Waals surface area contributed by atoms with Crippen molar-refractivity contribution in [3.63, 3.8) is 0 Å². The number of amides is 1. The summed E-state index contributed by atoms with van der Waals surface area (Å²) < 4.78 is 5.14. The molecule has 132 valence electrons. The molecule has 0 bridgehead atoms. The van der Waals surface area contributed by atoms with E-state index in [1.807, 2.05) is 19.9 Å². The smallest absolute Gasteiger partial charge is 0.307 e. The number of carbonyl (C=O) groups is 3. The Morgan fingerprint density at radius 2 is 1.92 bits per heavy atom. The van der Waals surface area contributed by atoms with Gasteiger partial charge in [0.2, 0.25) is 0 Å². The van der Waals surface area contributed by atoms with E-state index in [0.717, 1.165) is 35.4 Å². The van der Waals surface area contributed by atoms with E-state index in [-0.39, 0.29) is 30.6 Å². The van der Waals surface area contributed by atoms with Crippen LogP contribution in [0.4, 0.5) is 0 Å². The van der Waals surface area contributed by atoms with E-state index in [2.05, 4.69) is 5.32 Å². The Morgan fingerprint density at radius 1 is 1.25 bits per heavy atom. The van der Waals surface area contributed by atoms with E-state index in [4.69, 9.17) is 4.74 Å². The van der Waals surface area contributed by atoms with Crippen molar-refractivity contribution in [3.8, 4) is 0 Å². The molecule has 1 heterocycles. The van der Waals surface area contributed by atoms with E-state index in [1.165, 1.54) is 0 Å². The number of carbonyl (C=O) groups excluding carboxylic acids is 3. The highest BCUT2D eigenvalue weighted by molar-refractivity contribution is 7.12. The average molecular weight is 351 g/mol. The second-order valence-electron chi connectivity index (χ2n) is 6.37. The molecule has 1 fully saturated rings. The van der Waals surface area contributed by atoms with Crippen molar-refractivity contribution in [2.75, 3.05) is 0 Å². The molecule has 1 aromatic heterocycles. The van der Waals surface area contributed by atoms with Crippen LogP contribution >= 0.6 is 11.3 Å². The Hall–Kier alpha value is -1.69. The number of rotatable bonds is 7. The molecule has 6 heteroatoms. The molecule has 0 aliphatic heterocycles. The summed E-state index contributed by atoms with van der Waals surface area (Å²) >= 11 is 1.57. The molecule has 1 N–H and O–H groups in total. The SMILES string of the molecule is Cc1cc(C(=O)CCC(=O)OC(C)C(=O)NC2CCCC2)c(C)s1. The Kier molecular flexibility index (Phi) is 6.54. The first-order chi connectivity index (χ1) is 11.4. The lowest BCUT2D eigenvalue weighted by molar-refractivity contribution is -0.155. The summed E-state index contributed by atoms with van der Waals surface area (Å²) in [5.74, 6) is -0.829. The average Bonchev–Trinajstić information content (AvgIpc) is 3.14. The number of ether oxygens (including phenoxy) is 1. The fourth-order valence-electron chi connectivity index (χ4n) is 2.96. The highest BCUT2D eigenvalue weighted by Crippen LogP contribution is 2.22. The third kappa shape index (κ3) is 5.16. The van der Waals surface area contributed by atoms with Crippen LogP contribution in [-0.2, 0) is 14.3 Å². The standard InChI is InChI=1S/C18H25NO4S/c1-11-10-15(13(3)24-11)16(20)8-9-17(21)23-12(2)18(22)19-14-6-4-5-7-14/h10,12,14H,4-9H2,1-3H3,(H,19,22). The van der Waals surface area contributed by atoms with Crippen molar-refractivity contribution in [3.05, 3.63) is 21.4 Å². The van der Waals surface area contributed by atoms with Crippen LogP contribution in [0.1, 0.15) is 65.6 Å². The minimum Gasteiger partial charge on any atom is -0.453 e. The lowest BCUT2D eigenvalue weighted by Crippen LogP contribution is -2.40.